The molecule has 0 aromatic heterocycles. The molecule has 0 unspecified atom stereocenters. The molecule has 1 aromatic carbocycles. The molecule has 1 saturated heterocycles. The summed E-state index contributed by atoms with van der Waals surface area (Å²) in [5.74, 6) is 0.0772. The average Bonchev–Trinajstić information content (AvgIpc) is 2.77. The summed E-state index contributed by atoms with van der Waals surface area (Å²) in [4.78, 5) is 13.8. The monoisotopic (exact) mass is 296 g/mol. The highest BCUT2D eigenvalue weighted by atomic mass is 79.9. The smallest absolute Gasteiger partial charge is 0.159 e. The van der Waals surface area contributed by atoms with Crippen molar-refractivity contribution in [2.45, 2.75) is 26.3 Å². The number of halogens is 1. The van der Waals surface area contributed by atoms with Crippen LogP contribution in [0.2, 0.25) is 0 Å². The van der Waals surface area contributed by atoms with Gasteiger partial charge in [-0.05, 0) is 66.5 Å². The molecule has 0 bridgehead atoms. The van der Waals surface area contributed by atoms with E-state index in [-0.39, 0.29) is 5.78 Å². The molecule has 0 radical (unpaired) electrons. The average molecular weight is 297 g/mol. The quantitative estimate of drug-likeness (QED) is 0.689. The second-order valence-corrected chi connectivity index (χ2v) is 5.42. The van der Waals surface area contributed by atoms with Crippen LogP contribution in [0.25, 0.3) is 0 Å². The van der Waals surface area contributed by atoms with Crippen LogP contribution < -0.4 is 5.73 Å². The van der Waals surface area contributed by atoms with Gasteiger partial charge in [0.05, 0.1) is 5.69 Å². The maximum absolute atomic E-state index is 11.4. The lowest BCUT2D eigenvalue weighted by Crippen LogP contribution is -2.19. The third-order valence-electron chi connectivity index (χ3n) is 3.21. The van der Waals surface area contributed by atoms with Crippen LogP contribution in [-0.2, 0) is 6.54 Å². The molecule has 17 heavy (non-hydrogen) atoms. The first-order valence-electron chi connectivity index (χ1n) is 5.89. The molecule has 92 valence electrons. The van der Waals surface area contributed by atoms with E-state index in [1.54, 1.807) is 13.0 Å². The molecule has 0 spiro atoms. The molecule has 3 nitrogen and oxygen atoms in total. The summed E-state index contributed by atoms with van der Waals surface area (Å²) in [5.41, 5.74) is 8.57. The van der Waals surface area contributed by atoms with E-state index >= 15 is 0 Å². The molecule has 0 atom stereocenters. The van der Waals surface area contributed by atoms with E-state index in [1.807, 2.05) is 6.07 Å². The largest absolute Gasteiger partial charge is 0.398 e. The fraction of sp³-hybridized carbons (Fsp3) is 0.462. The Morgan fingerprint density at radius 3 is 2.65 bits per heavy atom. The van der Waals surface area contributed by atoms with E-state index in [0.29, 0.717) is 0 Å². The van der Waals surface area contributed by atoms with Crippen molar-refractivity contribution < 1.29 is 4.79 Å². The predicted octanol–water partition coefficient (Wildman–Crippen LogP) is 2.83. The minimum absolute atomic E-state index is 0.0772. The van der Waals surface area contributed by atoms with Gasteiger partial charge in [0, 0.05) is 16.6 Å². The molecular formula is C13H17BrN2O. The van der Waals surface area contributed by atoms with Gasteiger partial charge in [-0.2, -0.15) is 0 Å². The SMILES string of the molecule is CC(=O)c1cc(Br)c(N)c(CN2CCCC2)c1. The van der Waals surface area contributed by atoms with Crippen LogP contribution in [-0.4, -0.2) is 23.8 Å². The van der Waals surface area contributed by atoms with Crippen molar-refractivity contribution in [2.24, 2.45) is 0 Å². The molecule has 0 saturated carbocycles. The third-order valence-corrected chi connectivity index (χ3v) is 3.87. The number of Topliss-reactive ketones (excluding diaryl/α,β-unsaturated/α-hetero) is 1. The topological polar surface area (TPSA) is 46.3 Å². The molecule has 1 heterocycles. The number of hydrogen-bond acceptors (Lipinski definition) is 3. The van der Waals surface area contributed by atoms with Gasteiger partial charge < -0.3 is 5.73 Å². The molecule has 0 amide bonds. The van der Waals surface area contributed by atoms with Crippen LogP contribution in [0.4, 0.5) is 5.69 Å². The third kappa shape index (κ3) is 2.87. The van der Waals surface area contributed by atoms with Crippen molar-refractivity contribution in [3.63, 3.8) is 0 Å². The zero-order valence-corrected chi connectivity index (χ0v) is 11.6. The number of anilines is 1. The van der Waals surface area contributed by atoms with Crippen molar-refractivity contribution in [1.82, 2.24) is 4.90 Å². The van der Waals surface area contributed by atoms with E-state index in [0.717, 1.165) is 40.9 Å². The van der Waals surface area contributed by atoms with Crippen LogP contribution in [0.3, 0.4) is 0 Å². The minimum Gasteiger partial charge on any atom is -0.398 e. The highest BCUT2D eigenvalue weighted by Crippen LogP contribution is 2.27. The van der Waals surface area contributed by atoms with Crippen molar-refractivity contribution in [3.8, 4) is 0 Å². The first-order valence-corrected chi connectivity index (χ1v) is 6.68. The molecule has 2 N–H and O–H groups in total. The molecule has 1 fully saturated rings. The highest BCUT2D eigenvalue weighted by Gasteiger charge is 2.15. The Balaban J connectivity index is 2.27. The summed E-state index contributed by atoms with van der Waals surface area (Å²) < 4.78 is 0.819. The molecule has 0 aliphatic carbocycles. The number of nitrogens with zero attached hydrogens (tertiary/aromatic N) is 1. The van der Waals surface area contributed by atoms with Gasteiger partial charge in [0.2, 0.25) is 0 Å². The summed E-state index contributed by atoms with van der Waals surface area (Å²) in [5, 5.41) is 0. The maximum atomic E-state index is 11.4. The molecule has 1 aliphatic heterocycles. The summed E-state index contributed by atoms with van der Waals surface area (Å²) in [6.45, 7) is 4.67. The summed E-state index contributed by atoms with van der Waals surface area (Å²) in [6.07, 6.45) is 2.51. The Morgan fingerprint density at radius 2 is 2.06 bits per heavy atom. The Bertz CT molecular complexity index is 439. The first kappa shape index (κ1) is 12.6. The number of ketones is 1. The fourth-order valence-corrected chi connectivity index (χ4v) is 2.69. The second kappa shape index (κ2) is 5.19. The molecule has 4 heteroatoms. The number of likely N-dealkylation sites (tertiary alicyclic amines) is 1. The highest BCUT2D eigenvalue weighted by molar-refractivity contribution is 9.10. The number of carbonyl (C=O) groups excluding carboxylic acids is 1. The van der Waals surface area contributed by atoms with Crippen LogP contribution in [0.15, 0.2) is 16.6 Å². The summed E-state index contributed by atoms with van der Waals surface area (Å²) in [7, 11) is 0. The molecule has 2 rings (SSSR count). The van der Waals surface area contributed by atoms with Gasteiger partial charge in [-0.25, -0.2) is 0 Å². The number of carbonyl (C=O) groups is 1. The first-order chi connectivity index (χ1) is 8.08. The Morgan fingerprint density at radius 1 is 1.41 bits per heavy atom. The Hall–Kier alpha value is -0.870. The van der Waals surface area contributed by atoms with E-state index in [2.05, 4.69) is 20.8 Å². The number of hydrogen-bond donors (Lipinski definition) is 1. The van der Waals surface area contributed by atoms with Crippen LogP contribution in [0.5, 0.6) is 0 Å². The van der Waals surface area contributed by atoms with Crippen LogP contribution in [0.1, 0.15) is 35.7 Å². The Kier molecular flexibility index (Phi) is 3.84. The van der Waals surface area contributed by atoms with Gasteiger partial charge in [-0.15, -0.1) is 0 Å². The molecule has 1 aromatic rings. The van der Waals surface area contributed by atoms with Crippen LogP contribution >= 0.6 is 15.9 Å². The van der Waals surface area contributed by atoms with E-state index in [1.165, 1.54) is 12.8 Å². The standard InChI is InChI=1S/C13H17BrN2O/c1-9(17)10-6-11(13(15)12(14)7-10)8-16-4-2-3-5-16/h6-7H,2-5,8,15H2,1H3. The van der Waals surface area contributed by atoms with Gasteiger partial charge in [-0.1, -0.05) is 0 Å². The van der Waals surface area contributed by atoms with E-state index in [9.17, 15) is 4.79 Å². The van der Waals surface area contributed by atoms with Gasteiger partial charge in [-0.3, -0.25) is 9.69 Å². The lowest BCUT2D eigenvalue weighted by atomic mass is 10.1. The van der Waals surface area contributed by atoms with Crippen molar-refractivity contribution in [2.75, 3.05) is 18.8 Å². The second-order valence-electron chi connectivity index (χ2n) is 4.57. The summed E-state index contributed by atoms with van der Waals surface area (Å²) in [6, 6.07) is 3.71. The maximum Gasteiger partial charge on any atom is 0.159 e. The van der Waals surface area contributed by atoms with Gasteiger partial charge in [0.1, 0.15) is 0 Å². The Labute approximate surface area is 110 Å². The van der Waals surface area contributed by atoms with Crippen molar-refractivity contribution in [1.29, 1.82) is 0 Å². The lowest BCUT2D eigenvalue weighted by Gasteiger charge is -2.17. The number of nitrogen functional groups attached to an aromatic ring is 1. The zero-order valence-electron chi connectivity index (χ0n) is 10.0. The van der Waals surface area contributed by atoms with Gasteiger partial charge in [0.15, 0.2) is 5.78 Å². The van der Waals surface area contributed by atoms with Gasteiger partial charge >= 0.3 is 0 Å². The minimum atomic E-state index is 0.0772. The van der Waals surface area contributed by atoms with Crippen LogP contribution in [0, 0.1) is 0 Å². The molecule has 1 aliphatic rings. The number of benzene rings is 1. The van der Waals surface area contributed by atoms with Gasteiger partial charge in [0.25, 0.3) is 0 Å². The number of nitrogens with two attached hydrogens (primary N) is 1. The lowest BCUT2D eigenvalue weighted by molar-refractivity contribution is 0.101. The normalized spacial score (nSPS) is 16.4. The zero-order chi connectivity index (χ0) is 12.4. The van der Waals surface area contributed by atoms with Crippen molar-refractivity contribution >= 4 is 27.4 Å². The summed E-state index contributed by atoms with van der Waals surface area (Å²) >= 11 is 3.42. The van der Waals surface area contributed by atoms with E-state index < -0.39 is 0 Å². The van der Waals surface area contributed by atoms with Crippen molar-refractivity contribution in [3.05, 3.63) is 27.7 Å². The fourth-order valence-electron chi connectivity index (χ4n) is 2.19. The predicted molar refractivity (Wildman–Crippen MR) is 73.1 cm³/mol. The molecular weight excluding hydrogens is 280 g/mol. The number of rotatable bonds is 3. The van der Waals surface area contributed by atoms with E-state index in [4.69, 9.17) is 5.73 Å².